The van der Waals surface area contributed by atoms with Crippen LogP contribution in [0.25, 0.3) is 88.7 Å². The summed E-state index contributed by atoms with van der Waals surface area (Å²) in [6.07, 6.45) is 0. The van der Waals surface area contributed by atoms with Crippen LogP contribution in [0.5, 0.6) is 0 Å². The van der Waals surface area contributed by atoms with Gasteiger partial charge in [0.15, 0.2) is 0 Å². The molecule has 0 amide bonds. The molecule has 324 valence electrons. The Bertz CT molecular complexity index is 3650. The van der Waals surface area contributed by atoms with Crippen molar-refractivity contribution in [3.8, 4) is 66.8 Å². The molecule has 0 saturated heterocycles. The van der Waals surface area contributed by atoms with Gasteiger partial charge in [-0.25, -0.2) is 0 Å². The summed E-state index contributed by atoms with van der Waals surface area (Å²) in [6, 6.07) is 82.6. The van der Waals surface area contributed by atoms with Crippen LogP contribution in [0.2, 0.25) is 0 Å². The van der Waals surface area contributed by atoms with E-state index in [0.29, 0.717) is 0 Å². The minimum absolute atomic E-state index is 0.208. The number of rotatable bonds is 7. The largest absolute Gasteiger partial charge is 0.455 e. The Morgan fingerprint density at radius 1 is 0.294 bits per heavy atom. The molecule has 68 heavy (non-hydrogen) atoms. The number of nitrogens with zero attached hydrogens (tertiary/aromatic N) is 1. The molecule has 0 spiro atoms. The summed E-state index contributed by atoms with van der Waals surface area (Å²) in [7, 11) is 0. The molecule has 0 aliphatic heterocycles. The van der Waals surface area contributed by atoms with Crippen LogP contribution in [0.1, 0.15) is 49.9 Å². The SMILES string of the molecule is CC1(C)c2cc(-c3ccccc3)ccc2-c2ccc(N(c3cccc(-c4cccc(-c5cccc6c5oc5ccccc56)c4)c3)c3ccc4c(c3)C(C)(C)c3cc(-c5ccccc5)ccc3-4)cc21. The summed E-state index contributed by atoms with van der Waals surface area (Å²) in [6.45, 7) is 9.55. The lowest BCUT2D eigenvalue weighted by Crippen LogP contribution is -2.18. The fraction of sp³-hybridized carbons (Fsp3) is 0.0909. The summed E-state index contributed by atoms with van der Waals surface area (Å²) in [5, 5.41) is 2.27. The van der Waals surface area contributed by atoms with E-state index in [9.17, 15) is 0 Å². The number of fused-ring (bicyclic) bond motifs is 9. The summed E-state index contributed by atoms with van der Waals surface area (Å²) < 4.78 is 6.51. The van der Waals surface area contributed by atoms with E-state index < -0.39 is 0 Å². The second-order valence-corrected chi connectivity index (χ2v) is 19.7. The minimum atomic E-state index is -0.208. The average Bonchev–Trinajstić information content (AvgIpc) is 3.96. The zero-order valence-electron chi connectivity index (χ0n) is 38.7. The Labute approximate surface area is 398 Å². The van der Waals surface area contributed by atoms with Crippen molar-refractivity contribution in [3.63, 3.8) is 0 Å². The van der Waals surface area contributed by atoms with Gasteiger partial charge in [-0.1, -0.05) is 191 Å². The third-order valence-electron chi connectivity index (χ3n) is 15.1. The molecule has 0 unspecified atom stereocenters. The zero-order chi connectivity index (χ0) is 45.7. The highest BCUT2D eigenvalue weighted by Gasteiger charge is 2.38. The lowest BCUT2D eigenvalue weighted by atomic mass is 9.81. The van der Waals surface area contributed by atoms with Gasteiger partial charge < -0.3 is 9.32 Å². The molecule has 2 heteroatoms. The molecule has 1 heterocycles. The van der Waals surface area contributed by atoms with Gasteiger partial charge in [0, 0.05) is 44.2 Å². The van der Waals surface area contributed by atoms with E-state index in [1.165, 1.54) is 66.8 Å². The molecular formula is C66H49NO. The monoisotopic (exact) mass is 871 g/mol. The highest BCUT2D eigenvalue weighted by atomic mass is 16.3. The molecule has 1 aromatic heterocycles. The molecule has 10 aromatic carbocycles. The zero-order valence-corrected chi connectivity index (χ0v) is 38.7. The molecule has 13 rings (SSSR count). The van der Waals surface area contributed by atoms with Crippen LogP contribution in [-0.2, 0) is 10.8 Å². The average molecular weight is 872 g/mol. The van der Waals surface area contributed by atoms with Crippen molar-refractivity contribution in [1.29, 1.82) is 0 Å². The molecule has 2 aliphatic rings. The molecule has 0 N–H and O–H groups in total. The van der Waals surface area contributed by atoms with E-state index in [-0.39, 0.29) is 10.8 Å². The van der Waals surface area contributed by atoms with Crippen molar-refractivity contribution in [2.75, 3.05) is 4.90 Å². The number of para-hydroxylation sites is 2. The van der Waals surface area contributed by atoms with Crippen molar-refractivity contribution >= 4 is 39.0 Å². The summed E-state index contributed by atoms with van der Waals surface area (Å²) in [5.74, 6) is 0. The van der Waals surface area contributed by atoms with Gasteiger partial charge in [-0.3, -0.25) is 0 Å². The van der Waals surface area contributed by atoms with Gasteiger partial charge in [-0.05, 0) is 144 Å². The maximum Gasteiger partial charge on any atom is 0.143 e. The summed E-state index contributed by atoms with van der Waals surface area (Å²) in [5.41, 5.74) is 24.9. The molecule has 0 bridgehead atoms. The Balaban J connectivity index is 0.941. The van der Waals surface area contributed by atoms with Gasteiger partial charge in [0.2, 0.25) is 0 Å². The topological polar surface area (TPSA) is 16.4 Å². The van der Waals surface area contributed by atoms with Crippen LogP contribution in [0.15, 0.2) is 229 Å². The third-order valence-corrected chi connectivity index (χ3v) is 15.1. The third kappa shape index (κ3) is 6.25. The van der Waals surface area contributed by atoms with Crippen molar-refractivity contribution in [2.24, 2.45) is 0 Å². The standard InChI is InChI=1S/C66H49NO/c1-65(2)59-38-46(42-16-7-5-8-17-42)28-32-53(59)55-34-30-50(40-61(55)65)67(51-31-35-56-54-33-29-47(43-18-9-6-10-19-43)39-60(54)66(3,4)62(56)41-51)49-23-14-21-45(37-49)44-20-13-22-48(36-44)52-25-15-26-58-57-24-11-12-27-63(57)68-64(52)58/h5-41H,1-4H3. The first-order chi connectivity index (χ1) is 33.2. The van der Waals surface area contributed by atoms with Gasteiger partial charge in [0.25, 0.3) is 0 Å². The maximum atomic E-state index is 6.51. The van der Waals surface area contributed by atoms with E-state index in [2.05, 4.69) is 251 Å². The van der Waals surface area contributed by atoms with Gasteiger partial charge in [0.05, 0.1) is 0 Å². The van der Waals surface area contributed by atoms with Gasteiger partial charge >= 0.3 is 0 Å². The van der Waals surface area contributed by atoms with Gasteiger partial charge in [-0.15, -0.1) is 0 Å². The molecule has 2 nitrogen and oxygen atoms in total. The normalized spacial score (nSPS) is 13.8. The van der Waals surface area contributed by atoms with Crippen LogP contribution in [0.3, 0.4) is 0 Å². The highest BCUT2D eigenvalue weighted by Crippen LogP contribution is 2.54. The number of hydrogen-bond donors (Lipinski definition) is 0. The summed E-state index contributed by atoms with van der Waals surface area (Å²) >= 11 is 0. The molecule has 0 radical (unpaired) electrons. The van der Waals surface area contributed by atoms with Crippen LogP contribution in [0, 0.1) is 0 Å². The lowest BCUT2D eigenvalue weighted by molar-refractivity contribution is 0.660. The van der Waals surface area contributed by atoms with E-state index >= 15 is 0 Å². The Kier molecular flexibility index (Phi) is 8.95. The fourth-order valence-corrected chi connectivity index (χ4v) is 11.5. The first kappa shape index (κ1) is 40.1. The molecule has 11 aromatic rings. The quantitative estimate of drug-likeness (QED) is 0.159. The van der Waals surface area contributed by atoms with E-state index in [1.54, 1.807) is 0 Å². The van der Waals surface area contributed by atoms with Crippen molar-refractivity contribution < 1.29 is 4.42 Å². The molecule has 0 fully saturated rings. The molecule has 0 atom stereocenters. The van der Waals surface area contributed by atoms with Crippen LogP contribution in [0.4, 0.5) is 17.1 Å². The molecule has 2 aliphatic carbocycles. The first-order valence-electron chi connectivity index (χ1n) is 23.8. The van der Waals surface area contributed by atoms with Crippen molar-refractivity contribution in [2.45, 2.75) is 38.5 Å². The maximum absolute atomic E-state index is 6.51. The number of anilines is 3. The smallest absolute Gasteiger partial charge is 0.143 e. The van der Waals surface area contributed by atoms with E-state index in [4.69, 9.17) is 4.42 Å². The Morgan fingerprint density at radius 3 is 1.32 bits per heavy atom. The van der Waals surface area contributed by atoms with Crippen LogP contribution in [-0.4, -0.2) is 0 Å². The Morgan fingerprint density at radius 2 is 0.721 bits per heavy atom. The predicted molar refractivity (Wildman–Crippen MR) is 285 cm³/mol. The summed E-state index contributed by atoms with van der Waals surface area (Å²) in [4.78, 5) is 2.48. The number of benzene rings is 10. The first-order valence-corrected chi connectivity index (χ1v) is 23.8. The second kappa shape index (κ2) is 15.2. The minimum Gasteiger partial charge on any atom is -0.455 e. The second-order valence-electron chi connectivity index (χ2n) is 19.7. The Hall–Kier alpha value is -8.20. The van der Waals surface area contributed by atoms with E-state index in [0.717, 1.165) is 61.3 Å². The van der Waals surface area contributed by atoms with Crippen molar-refractivity contribution in [3.05, 3.63) is 247 Å². The highest BCUT2D eigenvalue weighted by molar-refractivity contribution is 6.09. The van der Waals surface area contributed by atoms with E-state index in [1.807, 2.05) is 6.07 Å². The van der Waals surface area contributed by atoms with Crippen LogP contribution < -0.4 is 4.90 Å². The predicted octanol–water partition coefficient (Wildman–Crippen LogP) is 18.3. The van der Waals surface area contributed by atoms with Crippen LogP contribution >= 0.6 is 0 Å². The van der Waals surface area contributed by atoms with Gasteiger partial charge in [-0.2, -0.15) is 0 Å². The number of hydrogen-bond acceptors (Lipinski definition) is 2. The number of furan rings is 1. The lowest BCUT2D eigenvalue weighted by Gasteiger charge is -2.30. The van der Waals surface area contributed by atoms with Gasteiger partial charge in [0.1, 0.15) is 11.2 Å². The molecular weight excluding hydrogens is 823 g/mol. The fourth-order valence-electron chi connectivity index (χ4n) is 11.5. The molecule has 0 saturated carbocycles. The van der Waals surface area contributed by atoms with Crippen molar-refractivity contribution in [1.82, 2.24) is 0 Å².